The van der Waals surface area contributed by atoms with E-state index < -0.39 is 5.97 Å². The Morgan fingerprint density at radius 2 is 1.80 bits per heavy atom. The van der Waals surface area contributed by atoms with Crippen LogP contribution in [-0.4, -0.2) is 40.0 Å². The molecule has 4 rings (SSSR count). The molecule has 0 bridgehead atoms. The summed E-state index contributed by atoms with van der Waals surface area (Å²) in [6.45, 7) is 1.26. The van der Waals surface area contributed by atoms with E-state index in [0.717, 1.165) is 18.4 Å². The first-order valence-electron chi connectivity index (χ1n) is 8.32. The highest BCUT2D eigenvalue weighted by molar-refractivity contribution is 5.93. The molecule has 0 aliphatic carbocycles. The van der Waals surface area contributed by atoms with E-state index in [4.69, 9.17) is 9.52 Å². The molecule has 1 amide bonds. The van der Waals surface area contributed by atoms with E-state index in [1.54, 1.807) is 4.90 Å². The minimum Gasteiger partial charge on any atom is -0.475 e. The second-order valence-electron chi connectivity index (χ2n) is 6.33. The molecule has 0 saturated carbocycles. The van der Waals surface area contributed by atoms with E-state index in [9.17, 15) is 9.59 Å². The number of aromatic amines is 1. The second-order valence-corrected chi connectivity index (χ2v) is 6.33. The van der Waals surface area contributed by atoms with Crippen molar-refractivity contribution < 1.29 is 19.1 Å². The third-order valence-corrected chi connectivity index (χ3v) is 4.87. The molecule has 25 heavy (non-hydrogen) atoms. The minimum absolute atomic E-state index is 0.0861. The lowest BCUT2D eigenvalue weighted by Crippen LogP contribution is -2.37. The van der Waals surface area contributed by atoms with Crippen molar-refractivity contribution in [3.63, 3.8) is 0 Å². The van der Waals surface area contributed by atoms with E-state index in [2.05, 4.69) is 23.3 Å². The summed E-state index contributed by atoms with van der Waals surface area (Å²) in [6.07, 6.45) is 3.82. The predicted molar refractivity (Wildman–Crippen MR) is 91.8 cm³/mol. The normalized spacial score (nSPS) is 15.6. The number of carbonyl (C=O) groups excluding carboxylic acids is 1. The van der Waals surface area contributed by atoms with Gasteiger partial charge in [-0.3, -0.25) is 4.79 Å². The lowest BCUT2D eigenvalue weighted by molar-refractivity contribution is 0.0639. The van der Waals surface area contributed by atoms with E-state index in [-0.39, 0.29) is 17.4 Å². The summed E-state index contributed by atoms with van der Waals surface area (Å²) >= 11 is 0. The Kier molecular flexibility index (Phi) is 3.80. The van der Waals surface area contributed by atoms with Gasteiger partial charge in [0, 0.05) is 30.2 Å². The number of hydrogen-bond donors (Lipinski definition) is 2. The number of carbonyl (C=O) groups is 2. The summed E-state index contributed by atoms with van der Waals surface area (Å²) < 4.78 is 5.12. The number of carboxylic acids is 1. The molecule has 3 heterocycles. The van der Waals surface area contributed by atoms with Crippen molar-refractivity contribution in [3.05, 3.63) is 59.7 Å². The fourth-order valence-electron chi connectivity index (χ4n) is 3.55. The summed E-state index contributed by atoms with van der Waals surface area (Å²) in [5.41, 5.74) is 2.43. The zero-order chi connectivity index (χ0) is 17.4. The highest BCUT2D eigenvalue weighted by Crippen LogP contribution is 2.33. The number of carboxylic acid groups (broad SMARTS) is 1. The monoisotopic (exact) mass is 338 g/mol. The van der Waals surface area contributed by atoms with Gasteiger partial charge in [0.05, 0.1) is 0 Å². The van der Waals surface area contributed by atoms with Gasteiger partial charge in [0.1, 0.15) is 0 Å². The number of amides is 1. The molecule has 1 aliphatic rings. The summed E-state index contributed by atoms with van der Waals surface area (Å²) in [4.78, 5) is 28.4. The molecule has 0 unspecified atom stereocenters. The first-order valence-corrected chi connectivity index (χ1v) is 8.32. The molecular formula is C19H18N2O4. The molecule has 6 heteroatoms. The van der Waals surface area contributed by atoms with Crippen molar-refractivity contribution in [2.24, 2.45) is 0 Å². The molecule has 1 aromatic carbocycles. The van der Waals surface area contributed by atoms with Gasteiger partial charge in [-0.05, 0) is 42.5 Å². The van der Waals surface area contributed by atoms with Crippen LogP contribution in [0, 0.1) is 0 Å². The number of likely N-dealkylation sites (tertiary alicyclic amines) is 1. The SMILES string of the molecule is O=C(O)c1ccc(C(=O)N2CCC(c3c[nH]c4ccccc34)CC2)o1. The number of benzene rings is 1. The highest BCUT2D eigenvalue weighted by Gasteiger charge is 2.27. The molecule has 2 N–H and O–H groups in total. The van der Waals surface area contributed by atoms with E-state index >= 15 is 0 Å². The van der Waals surface area contributed by atoms with E-state index in [0.29, 0.717) is 19.0 Å². The van der Waals surface area contributed by atoms with Crippen LogP contribution in [0.25, 0.3) is 10.9 Å². The number of rotatable bonds is 3. The van der Waals surface area contributed by atoms with Gasteiger partial charge in [0.2, 0.25) is 5.76 Å². The highest BCUT2D eigenvalue weighted by atomic mass is 16.4. The molecule has 1 saturated heterocycles. The number of aromatic nitrogens is 1. The molecule has 128 valence electrons. The van der Waals surface area contributed by atoms with Gasteiger partial charge in [0.15, 0.2) is 5.76 Å². The van der Waals surface area contributed by atoms with Crippen LogP contribution in [0.5, 0.6) is 0 Å². The van der Waals surface area contributed by atoms with Gasteiger partial charge in [-0.15, -0.1) is 0 Å². The van der Waals surface area contributed by atoms with Crippen molar-refractivity contribution >= 4 is 22.8 Å². The number of H-pyrrole nitrogens is 1. The number of furan rings is 1. The van der Waals surface area contributed by atoms with Crippen LogP contribution in [0.1, 0.15) is 45.4 Å². The van der Waals surface area contributed by atoms with Crippen LogP contribution >= 0.6 is 0 Å². The van der Waals surface area contributed by atoms with Crippen LogP contribution in [0.4, 0.5) is 0 Å². The molecule has 0 atom stereocenters. The standard InChI is InChI=1S/C19H18N2O4/c22-18(16-5-6-17(25-16)19(23)24)21-9-7-12(8-10-21)14-11-20-15-4-2-1-3-13(14)15/h1-6,11-12,20H,7-10H2,(H,23,24). The number of fused-ring (bicyclic) bond motifs is 1. The zero-order valence-corrected chi connectivity index (χ0v) is 13.6. The average Bonchev–Trinajstić information content (AvgIpc) is 3.29. The molecule has 3 aromatic rings. The Morgan fingerprint density at radius 3 is 2.52 bits per heavy atom. The lowest BCUT2D eigenvalue weighted by Gasteiger charge is -2.31. The number of aromatic carboxylic acids is 1. The fraction of sp³-hybridized carbons (Fsp3) is 0.263. The van der Waals surface area contributed by atoms with Crippen molar-refractivity contribution in [2.75, 3.05) is 13.1 Å². The van der Waals surface area contributed by atoms with E-state index in [1.807, 2.05) is 12.1 Å². The number of nitrogens with one attached hydrogen (secondary N) is 1. The van der Waals surface area contributed by atoms with Crippen molar-refractivity contribution in [1.82, 2.24) is 9.88 Å². The van der Waals surface area contributed by atoms with Gasteiger partial charge >= 0.3 is 5.97 Å². The molecule has 6 nitrogen and oxygen atoms in total. The van der Waals surface area contributed by atoms with Gasteiger partial charge < -0.3 is 19.4 Å². The molecule has 0 spiro atoms. The number of hydrogen-bond acceptors (Lipinski definition) is 3. The lowest BCUT2D eigenvalue weighted by atomic mass is 9.89. The Balaban J connectivity index is 1.45. The van der Waals surface area contributed by atoms with Crippen molar-refractivity contribution in [2.45, 2.75) is 18.8 Å². The molecule has 2 aromatic heterocycles. The van der Waals surface area contributed by atoms with E-state index in [1.165, 1.54) is 23.1 Å². The number of piperidine rings is 1. The topological polar surface area (TPSA) is 86.5 Å². The van der Waals surface area contributed by atoms with Crippen LogP contribution in [0.15, 0.2) is 47.0 Å². The molecule has 1 aliphatic heterocycles. The first-order chi connectivity index (χ1) is 12.1. The maximum atomic E-state index is 12.5. The zero-order valence-electron chi connectivity index (χ0n) is 13.6. The summed E-state index contributed by atoms with van der Waals surface area (Å²) in [5.74, 6) is -1.13. The van der Waals surface area contributed by atoms with Crippen LogP contribution in [0.2, 0.25) is 0 Å². The van der Waals surface area contributed by atoms with Crippen LogP contribution in [-0.2, 0) is 0 Å². The number of para-hydroxylation sites is 1. The van der Waals surface area contributed by atoms with Crippen LogP contribution in [0.3, 0.4) is 0 Å². The maximum Gasteiger partial charge on any atom is 0.371 e. The first kappa shape index (κ1) is 15.5. The van der Waals surface area contributed by atoms with Gasteiger partial charge in [-0.2, -0.15) is 0 Å². The minimum atomic E-state index is -1.17. The Hall–Kier alpha value is -3.02. The number of nitrogens with zero attached hydrogens (tertiary/aromatic N) is 1. The van der Waals surface area contributed by atoms with Gasteiger partial charge in [-0.1, -0.05) is 18.2 Å². The summed E-state index contributed by atoms with van der Waals surface area (Å²) in [6, 6.07) is 11.0. The quantitative estimate of drug-likeness (QED) is 0.765. The van der Waals surface area contributed by atoms with Crippen molar-refractivity contribution in [3.8, 4) is 0 Å². The summed E-state index contributed by atoms with van der Waals surface area (Å²) in [7, 11) is 0. The molecule has 1 fully saturated rings. The summed E-state index contributed by atoms with van der Waals surface area (Å²) in [5, 5.41) is 10.1. The largest absolute Gasteiger partial charge is 0.475 e. The predicted octanol–water partition coefficient (Wildman–Crippen LogP) is 3.48. The van der Waals surface area contributed by atoms with Gasteiger partial charge in [-0.25, -0.2) is 4.79 Å². The third kappa shape index (κ3) is 2.80. The Bertz CT molecular complexity index is 932. The Morgan fingerprint density at radius 1 is 1.08 bits per heavy atom. The second kappa shape index (κ2) is 6.12. The third-order valence-electron chi connectivity index (χ3n) is 4.87. The smallest absolute Gasteiger partial charge is 0.371 e. The van der Waals surface area contributed by atoms with Gasteiger partial charge in [0.25, 0.3) is 5.91 Å². The van der Waals surface area contributed by atoms with Crippen LogP contribution < -0.4 is 0 Å². The maximum absolute atomic E-state index is 12.5. The molecule has 0 radical (unpaired) electrons. The Labute approximate surface area is 144 Å². The molecular weight excluding hydrogens is 320 g/mol. The average molecular weight is 338 g/mol. The fourth-order valence-corrected chi connectivity index (χ4v) is 3.55. The van der Waals surface area contributed by atoms with Crippen molar-refractivity contribution in [1.29, 1.82) is 0 Å².